The number of β-lactam (4-membered cyclic amide) rings is 1. The van der Waals surface area contributed by atoms with E-state index < -0.39 is 53.5 Å². The Hall–Kier alpha value is -4.31. The second-order valence-electron chi connectivity index (χ2n) is 7.80. The molecule has 0 bridgehead atoms. The van der Waals surface area contributed by atoms with Crippen LogP contribution in [0.4, 0.5) is 5.13 Å². The van der Waals surface area contributed by atoms with E-state index in [4.69, 9.17) is 15.9 Å². The van der Waals surface area contributed by atoms with Crippen LogP contribution in [0.5, 0.6) is 0 Å². The van der Waals surface area contributed by atoms with Gasteiger partial charge in [-0.25, -0.2) is 14.3 Å². The molecule has 0 radical (unpaired) electrons. The van der Waals surface area contributed by atoms with Crippen molar-refractivity contribution in [3.05, 3.63) is 17.1 Å². The van der Waals surface area contributed by atoms with E-state index in [0.29, 0.717) is 5.57 Å². The summed E-state index contributed by atoms with van der Waals surface area (Å²) in [5, 5.41) is 44.0. The SMILES string of the molecule is Nc1nc(/C(=N/OCC(=O)O)C(=O)NC2C(=O)N3C(C(=O)O)=C(CSc4nnnn4CCC(=O)O)CS[C@H]23)ns1. The maximum absolute atomic E-state index is 13.0. The normalized spacial score (nSPS) is 18.6. The number of rotatable bonds is 13. The van der Waals surface area contributed by atoms with Gasteiger partial charge in [0.05, 0.1) is 13.0 Å². The summed E-state index contributed by atoms with van der Waals surface area (Å²) in [6.07, 6.45) is -0.210. The Balaban J connectivity index is 1.47. The quantitative estimate of drug-likeness (QED) is 0.0700. The number of tetrazole rings is 1. The highest BCUT2D eigenvalue weighted by molar-refractivity contribution is 8.01. The average Bonchev–Trinajstić information content (AvgIpc) is 3.54. The fourth-order valence-electron chi connectivity index (χ4n) is 3.46. The first-order valence-electron chi connectivity index (χ1n) is 10.9. The number of oxime groups is 1. The topological polar surface area (TPSA) is 278 Å². The van der Waals surface area contributed by atoms with Crippen molar-refractivity contribution in [1.82, 2.24) is 39.8 Å². The lowest BCUT2D eigenvalue weighted by atomic mass is 10.0. The Labute approximate surface area is 235 Å². The molecule has 0 saturated carbocycles. The van der Waals surface area contributed by atoms with Crippen molar-refractivity contribution < 1.29 is 44.1 Å². The summed E-state index contributed by atoms with van der Waals surface area (Å²) >= 11 is 3.04. The molecule has 1 fully saturated rings. The molecular weight excluding hydrogens is 596 g/mol. The van der Waals surface area contributed by atoms with E-state index in [1.165, 1.54) is 16.4 Å². The van der Waals surface area contributed by atoms with Crippen molar-refractivity contribution in [3.63, 3.8) is 0 Å². The van der Waals surface area contributed by atoms with Crippen LogP contribution in [0.3, 0.4) is 0 Å². The van der Waals surface area contributed by atoms with Gasteiger partial charge < -0.3 is 31.2 Å². The third-order valence-corrected chi connectivity index (χ3v) is 8.09. The smallest absolute Gasteiger partial charge is 0.352 e. The molecular formula is C18H18N10O9S3. The van der Waals surface area contributed by atoms with Gasteiger partial charge in [0.25, 0.3) is 11.8 Å². The molecule has 40 heavy (non-hydrogen) atoms. The predicted octanol–water partition coefficient (Wildman–Crippen LogP) is -2.08. The largest absolute Gasteiger partial charge is 0.481 e. The summed E-state index contributed by atoms with van der Waals surface area (Å²) in [7, 11) is 0. The molecule has 22 heteroatoms. The Morgan fingerprint density at radius 3 is 2.65 bits per heavy atom. The van der Waals surface area contributed by atoms with E-state index in [0.717, 1.165) is 28.2 Å². The first kappa shape index (κ1) is 28.7. The van der Waals surface area contributed by atoms with Crippen molar-refractivity contribution >= 4 is 75.6 Å². The predicted molar refractivity (Wildman–Crippen MR) is 135 cm³/mol. The van der Waals surface area contributed by atoms with E-state index in [1.807, 2.05) is 0 Å². The van der Waals surface area contributed by atoms with Crippen molar-refractivity contribution in [2.75, 3.05) is 23.8 Å². The number of nitrogens with zero attached hydrogens (tertiary/aromatic N) is 8. The summed E-state index contributed by atoms with van der Waals surface area (Å²) in [5.74, 6) is -5.35. The van der Waals surface area contributed by atoms with E-state index in [1.54, 1.807) is 0 Å². The molecule has 2 aliphatic rings. The van der Waals surface area contributed by atoms with Crippen LogP contribution in [0.2, 0.25) is 0 Å². The highest BCUT2D eigenvalue weighted by Crippen LogP contribution is 2.41. The summed E-state index contributed by atoms with van der Waals surface area (Å²) in [6.45, 7) is -0.835. The van der Waals surface area contributed by atoms with Gasteiger partial charge in [0.2, 0.25) is 23.3 Å². The molecule has 4 heterocycles. The van der Waals surface area contributed by atoms with Gasteiger partial charge in [-0.05, 0) is 16.0 Å². The molecule has 2 aliphatic heterocycles. The van der Waals surface area contributed by atoms with Crippen molar-refractivity contribution in [1.29, 1.82) is 0 Å². The number of nitrogens with one attached hydrogen (secondary N) is 1. The molecule has 0 aliphatic carbocycles. The number of aliphatic carboxylic acids is 3. The van der Waals surface area contributed by atoms with Crippen LogP contribution >= 0.6 is 35.1 Å². The summed E-state index contributed by atoms with van der Waals surface area (Å²) in [4.78, 5) is 69.2. The second kappa shape index (κ2) is 12.3. The van der Waals surface area contributed by atoms with E-state index in [-0.39, 0.29) is 46.3 Å². The third kappa shape index (κ3) is 6.28. The number of aromatic nitrogens is 6. The number of anilines is 1. The number of thioether (sulfide) groups is 2. The van der Waals surface area contributed by atoms with Crippen LogP contribution in [0.15, 0.2) is 21.6 Å². The highest BCUT2D eigenvalue weighted by atomic mass is 32.2. The van der Waals surface area contributed by atoms with E-state index >= 15 is 0 Å². The number of nitrogen functional groups attached to an aromatic ring is 1. The van der Waals surface area contributed by atoms with Gasteiger partial charge in [0, 0.05) is 23.0 Å². The first-order valence-corrected chi connectivity index (χ1v) is 13.7. The number of hydrogen-bond donors (Lipinski definition) is 5. The van der Waals surface area contributed by atoms with Crippen LogP contribution < -0.4 is 11.1 Å². The monoisotopic (exact) mass is 614 g/mol. The van der Waals surface area contributed by atoms with Crippen LogP contribution in [0, 0.1) is 0 Å². The van der Waals surface area contributed by atoms with Crippen LogP contribution in [0.25, 0.3) is 0 Å². The van der Waals surface area contributed by atoms with Crippen LogP contribution in [-0.4, -0.2) is 115 Å². The first-order chi connectivity index (χ1) is 19.1. The van der Waals surface area contributed by atoms with Crippen LogP contribution in [0.1, 0.15) is 12.2 Å². The maximum atomic E-state index is 13.0. The molecule has 2 atom stereocenters. The van der Waals surface area contributed by atoms with Gasteiger partial charge in [-0.2, -0.15) is 9.36 Å². The summed E-state index contributed by atoms with van der Waals surface area (Å²) < 4.78 is 5.13. The zero-order valence-corrected chi connectivity index (χ0v) is 22.3. The Morgan fingerprint density at radius 2 is 2.00 bits per heavy atom. The van der Waals surface area contributed by atoms with Crippen molar-refractivity contribution in [3.8, 4) is 0 Å². The third-order valence-electron chi connectivity index (χ3n) is 5.16. The lowest BCUT2D eigenvalue weighted by Gasteiger charge is -2.49. The lowest BCUT2D eigenvalue weighted by Crippen LogP contribution is -2.71. The fourth-order valence-corrected chi connectivity index (χ4v) is 6.29. The summed E-state index contributed by atoms with van der Waals surface area (Å²) in [5.41, 5.74) is 5.18. The Bertz CT molecular complexity index is 1420. The molecule has 0 spiro atoms. The van der Waals surface area contributed by atoms with Gasteiger partial charge >= 0.3 is 17.9 Å². The molecule has 2 aromatic rings. The number of carbonyl (C=O) groups is 5. The van der Waals surface area contributed by atoms with Gasteiger partial charge in [-0.1, -0.05) is 16.9 Å². The van der Waals surface area contributed by atoms with E-state index in [9.17, 15) is 29.1 Å². The second-order valence-corrected chi connectivity index (χ2v) is 10.6. The van der Waals surface area contributed by atoms with Gasteiger partial charge in [0.1, 0.15) is 17.1 Å². The number of amides is 2. The molecule has 2 amide bonds. The lowest BCUT2D eigenvalue weighted by molar-refractivity contribution is -0.150. The van der Waals surface area contributed by atoms with Crippen molar-refractivity contribution in [2.45, 2.75) is 29.5 Å². The van der Waals surface area contributed by atoms with Gasteiger partial charge in [-0.15, -0.1) is 16.9 Å². The number of hydrogen-bond acceptors (Lipinski definition) is 16. The molecule has 0 aromatic carbocycles. The molecule has 4 rings (SSSR count). The van der Waals surface area contributed by atoms with Gasteiger partial charge in [0.15, 0.2) is 5.13 Å². The molecule has 19 nitrogen and oxygen atoms in total. The minimum atomic E-state index is -1.35. The van der Waals surface area contributed by atoms with Crippen molar-refractivity contribution in [2.24, 2.45) is 5.16 Å². The number of carboxylic acid groups (broad SMARTS) is 3. The standard InChI is InChI=1S/C18H18N10O9S3/c19-17-21-12(24-40-17)9(23-37-3-8(31)32)13(33)20-10-14(34)28-11(16(35)36)6(4-38-15(10)28)5-39-18-22-25-26-27(18)2-1-7(29)30/h10,15H,1-5H2,(H,20,33)(H,29,30)(H,31,32)(H,35,36)(H2,19,21,24)/b23-9-/t10?,15-/m1/s1. The molecule has 2 aromatic heterocycles. The minimum absolute atomic E-state index is 0.0000185. The van der Waals surface area contributed by atoms with Crippen LogP contribution in [-0.2, 0) is 35.4 Å². The Kier molecular flexibility index (Phi) is 8.79. The summed E-state index contributed by atoms with van der Waals surface area (Å²) in [6, 6.07) is -1.13. The average molecular weight is 615 g/mol. The van der Waals surface area contributed by atoms with Gasteiger partial charge in [-0.3, -0.25) is 19.3 Å². The molecule has 6 N–H and O–H groups in total. The minimum Gasteiger partial charge on any atom is -0.481 e. The fraction of sp³-hybridized carbons (Fsp3) is 0.389. The number of nitrogens with two attached hydrogens (primary N) is 1. The zero-order valence-electron chi connectivity index (χ0n) is 19.9. The maximum Gasteiger partial charge on any atom is 0.352 e. The molecule has 1 unspecified atom stereocenters. The Morgan fingerprint density at radius 1 is 1.23 bits per heavy atom. The zero-order chi connectivity index (χ0) is 29.0. The highest BCUT2D eigenvalue weighted by Gasteiger charge is 2.54. The van der Waals surface area contributed by atoms with E-state index in [2.05, 4.69) is 40.2 Å². The number of aryl methyl sites for hydroxylation is 1. The number of fused-ring (bicyclic) bond motifs is 1. The number of carbonyl (C=O) groups excluding carboxylic acids is 2. The number of carboxylic acids is 3. The molecule has 212 valence electrons. The molecule has 1 saturated heterocycles.